The number of halogens is 2. The molecule has 0 fully saturated rings. The summed E-state index contributed by atoms with van der Waals surface area (Å²) in [6.07, 6.45) is 1.89. The van der Waals surface area contributed by atoms with Gasteiger partial charge in [-0.25, -0.2) is 8.42 Å². The lowest BCUT2D eigenvalue weighted by Crippen LogP contribution is -2.03. The van der Waals surface area contributed by atoms with E-state index in [-0.39, 0.29) is 4.90 Å². The van der Waals surface area contributed by atoms with Crippen molar-refractivity contribution >= 4 is 35.7 Å². The summed E-state index contributed by atoms with van der Waals surface area (Å²) in [4.78, 5) is 0.0208. The predicted molar refractivity (Wildman–Crippen MR) is 84.1 cm³/mol. The molecule has 21 heavy (non-hydrogen) atoms. The lowest BCUT2D eigenvalue weighted by atomic mass is 10.3. The molecule has 0 unspecified atom stereocenters. The van der Waals surface area contributed by atoms with Crippen molar-refractivity contribution in [3.05, 3.63) is 40.6 Å². The molecule has 1 heterocycles. The van der Waals surface area contributed by atoms with Crippen LogP contribution in [0.4, 0.5) is 0 Å². The molecule has 0 N–H and O–H groups in total. The molecule has 0 spiro atoms. The number of rotatable bonds is 5. The van der Waals surface area contributed by atoms with Gasteiger partial charge in [-0.15, -0.1) is 0 Å². The van der Waals surface area contributed by atoms with E-state index in [1.807, 2.05) is 30.8 Å². The summed E-state index contributed by atoms with van der Waals surface area (Å²) in [6, 6.07) is 6.53. The molecule has 8 heteroatoms. The van der Waals surface area contributed by atoms with Crippen LogP contribution in [0.2, 0.25) is 0 Å². The van der Waals surface area contributed by atoms with Crippen molar-refractivity contribution < 1.29 is 13.2 Å². The van der Waals surface area contributed by atoms with Gasteiger partial charge in [0.25, 0.3) is 9.05 Å². The number of benzene rings is 1. The summed E-state index contributed by atoms with van der Waals surface area (Å²) in [6.45, 7) is 4.38. The number of hydrogen-bond acceptors (Lipinski definition) is 4. The molecule has 1 aromatic carbocycles. The van der Waals surface area contributed by atoms with Gasteiger partial charge in [0.2, 0.25) is 0 Å². The molecule has 0 amide bonds. The Balaban J connectivity index is 2.09. The highest BCUT2D eigenvalue weighted by Gasteiger charge is 2.13. The molecule has 0 saturated heterocycles. The number of ether oxygens (including phenoxy) is 1. The number of aromatic nitrogens is 2. The average molecular weight is 394 g/mol. The van der Waals surface area contributed by atoms with E-state index in [4.69, 9.17) is 15.4 Å². The second-order valence-corrected chi connectivity index (χ2v) is 8.12. The van der Waals surface area contributed by atoms with Gasteiger partial charge in [0.05, 0.1) is 15.1 Å². The first-order chi connectivity index (χ1) is 9.77. The fourth-order valence-electron chi connectivity index (χ4n) is 1.64. The van der Waals surface area contributed by atoms with Gasteiger partial charge in [0.15, 0.2) is 0 Å². The molecule has 0 aliphatic heterocycles. The minimum Gasteiger partial charge on any atom is -0.486 e. The monoisotopic (exact) mass is 392 g/mol. The van der Waals surface area contributed by atoms with Crippen molar-refractivity contribution in [2.75, 3.05) is 0 Å². The van der Waals surface area contributed by atoms with E-state index in [1.54, 1.807) is 6.07 Å². The van der Waals surface area contributed by atoms with Crippen LogP contribution in [-0.4, -0.2) is 18.2 Å². The van der Waals surface area contributed by atoms with Crippen LogP contribution in [0.25, 0.3) is 0 Å². The smallest absolute Gasteiger partial charge is 0.261 e. The zero-order valence-corrected chi connectivity index (χ0v) is 14.6. The predicted octanol–water partition coefficient (Wildman–Crippen LogP) is 3.73. The first-order valence-corrected chi connectivity index (χ1v) is 9.28. The van der Waals surface area contributed by atoms with Gasteiger partial charge in [-0.2, -0.15) is 5.10 Å². The van der Waals surface area contributed by atoms with Gasteiger partial charge >= 0.3 is 0 Å². The van der Waals surface area contributed by atoms with Crippen LogP contribution in [0.3, 0.4) is 0 Å². The van der Waals surface area contributed by atoms with Gasteiger partial charge in [-0.05, 0) is 54.0 Å². The van der Waals surface area contributed by atoms with Crippen molar-refractivity contribution in [2.45, 2.75) is 31.4 Å². The highest BCUT2D eigenvalue weighted by molar-refractivity contribution is 9.10. The lowest BCUT2D eigenvalue weighted by molar-refractivity contribution is 0.296. The third-order valence-electron chi connectivity index (χ3n) is 2.75. The molecule has 114 valence electrons. The summed E-state index contributed by atoms with van der Waals surface area (Å²) < 4.78 is 30.5. The minimum atomic E-state index is -3.74. The largest absolute Gasteiger partial charge is 0.486 e. The zero-order chi connectivity index (χ0) is 15.6. The van der Waals surface area contributed by atoms with E-state index < -0.39 is 9.05 Å². The van der Waals surface area contributed by atoms with E-state index >= 15 is 0 Å². The maximum atomic E-state index is 11.2. The second-order valence-electron chi connectivity index (χ2n) is 4.70. The van der Waals surface area contributed by atoms with Gasteiger partial charge in [0.1, 0.15) is 12.4 Å². The molecule has 0 aliphatic carbocycles. The Morgan fingerprint density at radius 2 is 2.10 bits per heavy atom. The first kappa shape index (κ1) is 16.3. The second kappa shape index (κ2) is 6.37. The highest BCUT2D eigenvalue weighted by atomic mass is 79.9. The molecule has 0 atom stereocenters. The Morgan fingerprint density at radius 1 is 1.38 bits per heavy atom. The quantitative estimate of drug-likeness (QED) is 0.726. The van der Waals surface area contributed by atoms with Gasteiger partial charge in [-0.1, -0.05) is 0 Å². The Labute approximate surface area is 136 Å². The van der Waals surface area contributed by atoms with Gasteiger partial charge < -0.3 is 4.74 Å². The van der Waals surface area contributed by atoms with E-state index in [1.165, 1.54) is 12.1 Å². The van der Waals surface area contributed by atoms with Gasteiger partial charge in [0, 0.05) is 22.9 Å². The van der Waals surface area contributed by atoms with Crippen LogP contribution in [0.1, 0.15) is 25.6 Å². The third-order valence-corrected chi connectivity index (χ3v) is 4.72. The van der Waals surface area contributed by atoms with Crippen LogP contribution >= 0.6 is 26.6 Å². The average Bonchev–Trinajstić information content (AvgIpc) is 2.85. The molecule has 1 aromatic heterocycles. The maximum absolute atomic E-state index is 11.2. The third kappa shape index (κ3) is 4.21. The highest BCUT2D eigenvalue weighted by Crippen LogP contribution is 2.29. The van der Waals surface area contributed by atoms with E-state index in [2.05, 4.69) is 21.0 Å². The van der Waals surface area contributed by atoms with Crippen LogP contribution in [-0.2, 0) is 15.7 Å². The molecule has 2 aromatic rings. The Morgan fingerprint density at radius 3 is 2.62 bits per heavy atom. The molecular weight excluding hydrogens is 380 g/mol. The SMILES string of the molecule is CC(C)n1ccc(COc2ccc(S(=O)(=O)Cl)cc2Br)n1. The van der Waals surface area contributed by atoms with Crippen LogP contribution in [0.5, 0.6) is 5.75 Å². The maximum Gasteiger partial charge on any atom is 0.261 e. The van der Waals surface area contributed by atoms with Gasteiger partial charge in [-0.3, -0.25) is 4.68 Å². The molecule has 0 aliphatic rings. The Bertz CT molecular complexity index is 744. The summed E-state index contributed by atoms with van der Waals surface area (Å²) in [5.41, 5.74) is 0.796. The molecule has 2 rings (SSSR count). The molecule has 5 nitrogen and oxygen atoms in total. The van der Waals surface area contributed by atoms with E-state index in [9.17, 15) is 8.42 Å². The summed E-state index contributed by atoms with van der Waals surface area (Å²) in [7, 11) is 1.54. The van der Waals surface area contributed by atoms with Crippen molar-refractivity contribution in [2.24, 2.45) is 0 Å². The number of nitrogens with zero attached hydrogens (tertiary/aromatic N) is 2. The van der Waals surface area contributed by atoms with Crippen LogP contribution < -0.4 is 4.74 Å². The molecule has 0 bridgehead atoms. The zero-order valence-electron chi connectivity index (χ0n) is 11.5. The Kier molecular flexibility index (Phi) is 4.95. The fraction of sp³-hybridized carbons (Fsp3) is 0.308. The van der Waals surface area contributed by atoms with Crippen molar-refractivity contribution in [1.29, 1.82) is 0 Å². The van der Waals surface area contributed by atoms with Crippen molar-refractivity contribution in [3.63, 3.8) is 0 Å². The standard InChI is InChI=1S/C13H14BrClN2O3S/c1-9(2)17-6-5-10(16-17)8-20-13-4-3-11(7-12(13)14)21(15,18)19/h3-7,9H,8H2,1-2H3. The molecule has 0 saturated carbocycles. The number of hydrogen-bond donors (Lipinski definition) is 0. The Hall–Kier alpha value is -1.05. The lowest BCUT2D eigenvalue weighted by Gasteiger charge is -2.08. The molecular formula is C13H14BrClN2O3S. The van der Waals surface area contributed by atoms with E-state index in [0.29, 0.717) is 22.9 Å². The van der Waals surface area contributed by atoms with Crippen LogP contribution in [0.15, 0.2) is 39.8 Å². The van der Waals surface area contributed by atoms with Crippen molar-refractivity contribution in [3.8, 4) is 5.75 Å². The first-order valence-electron chi connectivity index (χ1n) is 6.18. The topological polar surface area (TPSA) is 61.2 Å². The van der Waals surface area contributed by atoms with Crippen LogP contribution in [0, 0.1) is 0 Å². The van der Waals surface area contributed by atoms with E-state index in [0.717, 1.165) is 5.69 Å². The fourth-order valence-corrected chi connectivity index (χ4v) is 3.07. The summed E-state index contributed by atoms with van der Waals surface area (Å²) in [5.74, 6) is 0.526. The summed E-state index contributed by atoms with van der Waals surface area (Å²) >= 11 is 3.27. The van der Waals surface area contributed by atoms with Crippen molar-refractivity contribution in [1.82, 2.24) is 9.78 Å². The molecule has 0 radical (unpaired) electrons. The minimum absolute atomic E-state index is 0.0208. The summed E-state index contributed by atoms with van der Waals surface area (Å²) in [5, 5.41) is 4.37. The normalized spacial score (nSPS) is 11.9.